The molecule has 4 heteroatoms. The molecule has 0 spiro atoms. The summed E-state index contributed by atoms with van der Waals surface area (Å²) in [6.45, 7) is 0.964. The molecular formula is C20H23N3O. The van der Waals surface area contributed by atoms with Crippen molar-refractivity contribution in [1.29, 1.82) is 0 Å². The first-order valence-electron chi connectivity index (χ1n) is 8.44. The first kappa shape index (κ1) is 16.4. The van der Waals surface area contributed by atoms with Crippen LogP contribution in [-0.2, 0) is 4.79 Å². The number of carbonyl (C=O) groups is 1. The highest BCUT2D eigenvalue weighted by Gasteiger charge is 2.25. The molecule has 1 heterocycles. The van der Waals surface area contributed by atoms with Gasteiger partial charge in [-0.05, 0) is 26.4 Å². The van der Waals surface area contributed by atoms with E-state index in [1.807, 2.05) is 67.7 Å². The number of likely N-dealkylation sites (tertiary alicyclic amines) is 1. The van der Waals surface area contributed by atoms with Gasteiger partial charge in [0.2, 0.25) is 0 Å². The number of nitrogens with zero attached hydrogens (tertiary/aromatic N) is 2. The van der Waals surface area contributed by atoms with Gasteiger partial charge < -0.3 is 0 Å². The molecule has 0 aromatic heterocycles. The van der Waals surface area contributed by atoms with Gasteiger partial charge in [-0.25, -0.2) is 5.43 Å². The van der Waals surface area contributed by atoms with E-state index in [4.69, 9.17) is 0 Å². The highest BCUT2D eigenvalue weighted by Crippen LogP contribution is 2.15. The van der Waals surface area contributed by atoms with Crippen LogP contribution < -0.4 is 5.43 Å². The van der Waals surface area contributed by atoms with Crippen LogP contribution in [-0.4, -0.2) is 36.2 Å². The van der Waals surface area contributed by atoms with Crippen molar-refractivity contribution in [3.05, 3.63) is 71.8 Å². The van der Waals surface area contributed by atoms with E-state index < -0.39 is 0 Å². The molecule has 1 unspecified atom stereocenters. The Labute approximate surface area is 143 Å². The van der Waals surface area contributed by atoms with Gasteiger partial charge in [-0.1, -0.05) is 67.1 Å². The molecule has 1 atom stereocenters. The van der Waals surface area contributed by atoms with Gasteiger partial charge in [0.15, 0.2) is 0 Å². The molecule has 0 bridgehead atoms. The van der Waals surface area contributed by atoms with Crippen molar-refractivity contribution in [3.8, 4) is 0 Å². The minimum Gasteiger partial charge on any atom is -0.295 e. The molecule has 24 heavy (non-hydrogen) atoms. The smallest absolute Gasteiger partial charge is 0.257 e. The molecule has 1 saturated heterocycles. The van der Waals surface area contributed by atoms with E-state index in [9.17, 15) is 4.79 Å². The molecule has 1 N–H and O–H groups in total. The molecule has 1 aliphatic rings. The Bertz CT molecular complexity index is 656. The number of rotatable bonds is 4. The van der Waals surface area contributed by atoms with E-state index in [0.29, 0.717) is 0 Å². The Hall–Kier alpha value is -2.46. The van der Waals surface area contributed by atoms with E-state index in [0.717, 1.165) is 42.6 Å². The fourth-order valence-electron chi connectivity index (χ4n) is 3.08. The topological polar surface area (TPSA) is 44.7 Å². The van der Waals surface area contributed by atoms with Crippen LogP contribution in [0.25, 0.3) is 0 Å². The Morgan fingerprint density at radius 2 is 1.58 bits per heavy atom. The van der Waals surface area contributed by atoms with Gasteiger partial charge in [0.25, 0.3) is 5.91 Å². The molecule has 0 aliphatic carbocycles. The van der Waals surface area contributed by atoms with Crippen molar-refractivity contribution in [3.63, 3.8) is 0 Å². The number of hydrogen-bond acceptors (Lipinski definition) is 3. The van der Waals surface area contributed by atoms with Crippen molar-refractivity contribution in [2.24, 2.45) is 5.10 Å². The quantitative estimate of drug-likeness (QED) is 0.695. The molecular weight excluding hydrogens is 298 g/mol. The zero-order valence-electron chi connectivity index (χ0n) is 14.0. The Morgan fingerprint density at radius 3 is 2.12 bits per heavy atom. The number of nitrogens with one attached hydrogen (secondary N) is 1. The van der Waals surface area contributed by atoms with Gasteiger partial charge in [0.05, 0.1) is 11.8 Å². The summed E-state index contributed by atoms with van der Waals surface area (Å²) in [5, 5.41) is 4.46. The third kappa shape index (κ3) is 3.89. The number of hydrazone groups is 1. The van der Waals surface area contributed by atoms with Crippen LogP contribution in [0.15, 0.2) is 65.8 Å². The van der Waals surface area contributed by atoms with Gasteiger partial charge in [0, 0.05) is 11.1 Å². The molecule has 1 aliphatic heterocycles. The standard InChI is InChI=1S/C20H23N3O/c1-23-15-9-8-14-18(23)20(24)22-21-19(16-10-4-2-5-11-16)17-12-6-3-7-13-17/h2-7,10-13,18H,8-9,14-15H2,1H3,(H,22,24). The molecule has 4 nitrogen and oxygen atoms in total. The number of hydrogen-bond donors (Lipinski definition) is 1. The Kier molecular flexibility index (Phi) is 5.39. The maximum Gasteiger partial charge on any atom is 0.257 e. The molecule has 1 amide bonds. The van der Waals surface area contributed by atoms with Crippen molar-refractivity contribution >= 4 is 11.6 Å². The van der Waals surface area contributed by atoms with E-state index in [-0.39, 0.29) is 11.9 Å². The van der Waals surface area contributed by atoms with Crippen molar-refractivity contribution in [2.45, 2.75) is 25.3 Å². The SMILES string of the molecule is CN1CCCCC1C(=O)NN=C(c1ccccc1)c1ccccc1. The van der Waals surface area contributed by atoms with Crippen LogP contribution in [0.2, 0.25) is 0 Å². The van der Waals surface area contributed by atoms with Gasteiger partial charge in [-0.2, -0.15) is 5.10 Å². The lowest BCUT2D eigenvalue weighted by molar-refractivity contribution is -0.126. The second-order valence-corrected chi connectivity index (χ2v) is 6.16. The summed E-state index contributed by atoms with van der Waals surface area (Å²) in [6.07, 6.45) is 3.14. The van der Waals surface area contributed by atoms with Crippen LogP contribution in [0.5, 0.6) is 0 Å². The van der Waals surface area contributed by atoms with Gasteiger partial charge in [-0.3, -0.25) is 9.69 Å². The third-order valence-electron chi connectivity index (χ3n) is 4.45. The lowest BCUT2D eigenvalue weighted by Crippen LogP contribution is -2.46. The fourth-order valence-corrected chi connectivity index (χ4v) is 3.08. The first-order chi connectivity index (χ1) is 11.8. The number of amides is 1. The predicted octanol–water partition coefficient (Wildman–Crippen LogP) is 3.04. The monoisotopic (exact) mass is 321 g/mol. The summed E-state index contributed by atoms with van der Waals surface area (Å²) in [5.74, 6) is -0.0263. The van der Waals surface area contributed by atoms with E-state index in [1.165, 1.54) is 0 Å². The molecule has 0 saturated carbocycles. The number of likely N-dealkylation sites (N-methyl/N-ethyl adjacent to an activating group) is 1. The van der Waals surface area contributed by atoms with Gasteiger partial charge >= 0.3 is 0 Å². The summed E-state index contributed by atoms with van der Waals surface area (Å²) in [7, 11) is 2.00. The van der Waals surface area contributed by atoms with E-state index in [1.54, 1.807) is 0 Å². The summed E-state index contributed by atoms with van der Waals surface area (Å²) in [4.78, 5) is 14.6. The summed E-state index contributed by atoms with van der Waals surface area (Å²) >= 11 is 0. The van der Waals surface area contributed by atoms with Gasteiger partial charge in [-0.15, -0.1) is 0 Å². The van der Waals surface area contributed by atoms with E-state index >= 15 is 0 Å². The maximum absolute atomic E-state index is 12.5. The second kappa shape index (κ2) is 7.88. The normalized spacial score (nSPS) is 18.0. The lowest BCUT2D eigenvalue weighted by Gasteiger charge is -2.30. The van der Waals surface area contributed by atoms with Crippen molar-refractivity contribution < 1.29 is 4.79 Å². The average Bonchev–Trinajstić information content (AvgIpc) is 2.64. The maximum atomic E-state index is 12.5. The van der Waals surface area contributed by atoms with Crippen LogP contribution in [0, 0.1) is 0 Å². The van der Waals surface area contributed by atoms with Crippen LogP contribution in [0.3, 0.4) is 0 Å². The molecule has 1 fully saturated rings. The largest absolute Gasteiger partial charge is 0.295 e. The van der Waals surface area contributed by atoms with E-state index in [2.05, 4.69) is 15.4 Å². The molecule has 3 rings (SSSR count). The predicted molar refractivity (Wildman–Crippen MR) is 96.9 cm³/mol. The Morgan fingerprint density at radius 1 is 1.00 bits per heavy atom. The molecule has 124 valence electrons. The van der Waals surface area contributed by atoms with Crippen molar-refractivity contribution in [1.82, 2.24) is 10.3 Å². The highest BCUT2D eigenvalue weighted by molar-refractivity contribution is 6.13. The zero-order valence-corrected chi connectivity index (χ0v) is 14.0. The highest BCUT2D eigenvalue weighted by atomic mass is 16.2. The summed E-state index contributed by atoms with van der Waals surface area (Å²) in [6, 6.07) is 19.8. The first-order valence-corrected chi connectivity index (χ1v) is 8.44. The van der Waals surface area contributed by atoms with Gasteiger partial charge in [0.1, 0.15) is 0 Å². The van der Waals surface area contributed by atoms with Crippen molar-refractivity contribution in [2.75, 3.05) is 13.6 Å². The molecule has 2 aromatic rings. The lowest BCUT2D eigenvalue weighted by atomic mass is 10.0. The number of piperidine rings is 1. The molecule has 0 radical (unpaired) electrons. The molecule has 2 aromatic carbocycles. The average molecular weight is 321 g/mol. The zero-order chi connectivity index (χ0) is 16.8. The number of carbonyl (C=O) groups excluding carboxylic acids is 1. The second-order valence-electron chi connectivity index (χ2n) is 6.16. The Balaban J connectivity index is 1.83. The van der Waals surface area contributed by atoms with Crippen LogP contribution in [0.4, 0.5) is 0 Å². The fraction of sp³-hybridized carbons (Fsp3) is 0.300. The summed E-state index contributed by atoms with van der Waals surface area (Å²) in [5.41, 5.74) is 5.54. The minimum atomic E-state index is -0.0877. The summed E-state index contributed by atoms with van der Waals surface area (Å²) < 4.78 is 0. The van der Waals surface area contributed by atoms with Crippen LogP contribution >= 0.6 is 0 Å². The third-order valence-corrected chi connectivity index (χ3v) is 4.45. The number of benzene rings is 2. The van der Waals surface area contributed by atoms with Crippen LogP contribution in [0.1, 0.15) is 30.4 Å². The minimum absolute atomic E-state index is 0.0263.